The van der Waals surface area contributed by atoms with Crippen molar-refractivity contribution in [2.75, 3.05) is 0 Å². The van der Waals surface area contributed by atoms with Gasteiger partial charge < -0.3 is 4.74 Å². The van der Waals surface area contributed by atoms with Crippen LogP contribution >= 0.6 is 31.9 Å². The average Bonchev–Trinajstić information content (AvgIpc) is 2.20. The molecule has 0 aliphatic rings. The van der Waals surface area contributed by atoms with Gasteiger partial charge in [0, 0.05) is 5.33 Å². The smallest absolute Gasteiger partial charge is 0.133 e. The van der Waals surface area contributed by atoms with Crippen LogP contribution in [0.4, 0.5) is 0 Å². The molecule has 1 aromatic carbocycles. The minimum Gasteiger partial charge on any atom is -0.490 e. The lowest BCUT2D eigenvalue weighted by atomic mass is 10.2. The van der Waals surface area contributed by atoms with Gasteiger partial charge in [0.1, 0.15) is 5.75 Å². The van der Waals surface area contributed by atoms with E-state index in [0.29, 0.717) is 0 Å². The average molecular weight is 322 g/mol. The topological polar surface area (TPSA) is 9.23 Å². The third kappa shape index (κ3) is 3.28. The maximum absolute atomic E-state index is 5.73. The molecule has 1 unspecified atom stereocenters. The summed E-state index contributed by atoms with van der Waals surface area (Å²) in [6.45, 7) is 4.19. The first kappa shape index (κ1) is 12.1. The second-order valence-electron chi connectivity index (χ2n) is 3.24. The monoisotopic (exact) mass is 320 g/mol. The van der Waals surface area contributed by atoms with Crippen LogP contribution in [-0.2, 0) is 5.33 Å². The van der Waals surface area contributed by atoms with Crippen molar-refractivity contribution in [1.29, 1.82) is 0 Å². The highest BCUT2D eigenvalue weighted by atomic mass is 79.9. The van der Waals surface area contributed by atoms with Gasteiger partial charge in [0.05, 0.1) is 10.6 Å². The standard InChI is InChI=1S/C11H14Br2O/c1-3-8(2)14-11-5-4-9(7-12)6-10(11)13/h4-6,8H,3,7H2,1-2H3. The van der Waals surface area contributed by atoms with E-state index < -0.39 is 0 Å². The zero-order valence-electron chi connectivity index (χ0n) is 8.39. The van der Waals surface area contributed by atoms with Crippen molar-refractivity contribution in [2.45, 2.75) is 31.7 Å². The van der Waals surface area contributed by atoms with Gasteiger partial charge in [0.25, 0.3) is 0 Å². The van der Waals surface area contributed by atoms with Gasteiger partial charge in [-0.2, -0.15) is 0 Å². The summed E-state index contributed by atoms with van der Waals surface area (Å²) < 4.78 is 6.75. The van der Waals surface area contributed by atoms with Gasteiger partial charge >= 0.3 is 0 Å². The number of hydrogen-bond donors (Lipinski definition) is 0. The second kappa shape index (κ2) is 5.76. The highest BCUT2D eigenvalue weighted by Crippen LogP contribution is 2.27. The summed E-state index contributed by atoms with van der Waals surface area (Å²) in [5, 5.41) is 0.870. The van der Waals surface area contributed by atoms with E-state index in [1.54, 1.807) is 0 Å². The largest absolute Gasteiger partial charge is 0.490 e. The summed E-state index contributed by atoms with van der Waals surface area (Å²) in [4.78, 5) is 0. The minimum atomic E-state index is 0.265. The Bertz CT molecular complexity index is 299. The van der Waals surface area contributed by atoms with E-state index in [1.165, 1.54) is 5.56 Å². The fraction of sp³-hybridized carbons (Fsp3) is 0.455. The van der Waals surface area contributed by atoms with Crippen LogP contribution < -0.4 is 4.74 Å². The molecule has 0 amide bonds. The van der Waals surface area contributed by atoms with Gasteiger partial charge in [0.15, 0.2) is 0 Å². The first-order valence-electron chi connectivity index (χ1n) is 4.68. The molecule has 0 bridgehead atoms. The lowest BCUT2D eigenvalue weighted by Gasteiger charge is -2.14. The SMILES string of the molecule is CCC(C)Oc1ccc(CBr)cc1Br. The Balaban J connectivity index is 2.78. The molecule has 1 nitrogen and oxygen atoms in total. The predicted octanol–water partition coefficient (Wildman–Crippen LogP) is 4.52. The van der Waals surface area contributed by atoms with Crippen LogP contribution in [0.1, 0.15) is 25.8 Å². The first-order valence-corrected chi connectivity index (χ1v) is 6.59. The molecule has 0 aliphatic carbocycles. The molecule has 3 heteroatoms. The summed E-state index contributed by atoms with van der Waals surface area (Å²) in [6, 6.07) is 6.15. The molecule has 0 aliphatic heterocycles. The summed E-state index contributed by atoms with van der Waals surface area (Å²) in [5.41, 5.74) is 1.24. The second-order valence-corrected chi connectivity index (χ2v) is 4.65. The zero-order valence-corrected chi connectivity index (χ0v) is 11.6. The van der Waals surface area contributed by atoms with Gasteiger partial charge in [-0.1, -0.05) is 28.9 Å². The minimum absolute atomic E-state index is 0.265. The quantitative estimate of drug-likeness (QED) is 0.741. The highest BCUT2D eigenvalue weighted by Gasteiger charge is 2.05. The molecule has 0 fully saturated rings. The molecule has 1 aromatic rings. The Kier molecular flexibility index (Phi) is 4.96. The molecule has 14 heavy (non-hydrogen) atoms. The number of halogens is 2. The summed E-state index contributed by atoms with van der Waals surface area (Å²) in [7, 11) is 0. The van der Waals surface area contributed by atoms with Gasteiger partial charge in [-0.15, -0.1) is 0 Å². The molecule has 0 saturated carbocycles. The Morgan fingerprint density at radius 1 is 1.43 bits per heavy atom. The van der Waals surface area contributed by atoms with E-state index in [9.17, 15) is 0 Å². The zero-order chi connectivity index (χ0) is 10.6. The maximum Gasteiger partial charge on any atom is 0.133 e. The summed E-state index contributed by atoms with van der Waals surface area (Å²) in [5.74, 6) is 0.920. The van der Waals surface area contributed by atoms with E-state index in [0.717, 1.165) is 22.0 Å². The summed E-state index contributed by atoms with van der Waals surface area (Å²) in [6.07, 6.45) is 1.29. The van der Waals surface area contributed by atoms with E-state index in [2.05, 4.69) is 57.8 Å². The van der Waals surface area contributed by atoms with E-state index in [-0.39, 0.29) is 6.10 Å². The van der Waals surface area contributed by atoms with Crippen molar-refractivity contribution in [3.8, 4) is 5.75 Å². The number of hydrogen-bond acceptors (Lipinski definition) is 1. The molecular weight excluding hydrogens is 308 g/mol. The molecule has 78 valence electrons. The van der Waals surface area contributed by atoms with Crippen molar-refractivity contribution < 1.29 is 4.74 Å². The van der Waals surface area contributed by atoms with Gasteiger partial charge in [0.2, 0.25) is 0 Å². The third-order valence-corrected chi connectivity index (χ3v) is 3.32. The fourth-order valence-corrected chi connectivity index (χ4v) is 1.89. The lowest BCUT2D eigenvalue weighted by molar-refractivity contribution is 0.216. The van der Waals surface area contributed by atoms with E-state index in [4.69, 9.17) is 4.74 Å². The fourth-order valence-electron chi connectivity index (χ4n) is 1.02. The van der Waals surface area contributed by atoms with Crippen LogP contribution in [0.2, 0.25) is 0 Å². The van der Waals surface area contributed by atoms with Gasteiger partial charge in [-0.25, -0.2) is 0 Å². The normalized spacial score (nSPS) is 12.6. The number of alkyl halides is 1. The molecule has 0 radical (unpaired) electrons. The molecule has 0 aromatic heterocycles. The van der Waals surface area contributed by atoms with Crippen molar-refractivity contribution in [1.82, 2.24) is 0 Å². The van der Waals surface area contributed by atoms with Crippen molar-refractivity contribution >= 4 is 31.9 Å². The van der Waals surface area contributed by atoms with Crippen LogP contribution in [0.3, 0.4) is 0 Å². The Morgan fingerprint density at radius 2 is 2.14 bits per heavy atom. The lowest BCUT2D eigenvalue weighted by Crippen LogP contribution is -2.09. The molecule has 0 N–H and O–H groups in total. The van der Waals surface area contributed by atoms with E-state index in [1.807, 2.05) is 6.07 Å². The third-order valence-electron chi connectivity index (χ3n) is 2.05. The van der Waals surface area contributed by atoms with Crippen molar-refractivity contribution in [3.05, 3.63) is 28.2 Å². The van der Waals surface area contributed by atoms with Crippen LogP contribution in [0.25, 0.3) is 0 Å². The van der Waals surface area contributed by atoms with Crippen LogP contribution in [0, 0.1) is 0 Å². The molecule has 0 heterocycles. The molecule has 0 saturated heterocycles. The summed E-state index contributed by atoms with van der Waals surface area (Å²) >= 11 is 6.92. The molecule has 0 spiro atoms. The van der Waals surface area contributed by atoms with Crippen LogP contribution in [0.15, 0.2) is 22.7 Å². The Morgan fingerprint density at radius 3 is 2.64 bits per heavy atom. The number of benzene rings is 1. The Hall–Kier alpha value is -0.0200. The molecular formula is C11H14Br2O. The highest BCUT2D eigenvalue weighted by molar-refractivity contribution is 9.10. The predicted molar refractivity (Wildman–Crippen MR) is 67.2 cm³/mol. The van der Waals surface area contributed by atoms with Gasteiger partial charge in [-0.3, -0.25) is 0 Å². The maximum atomic E-state index is 5.73. The van der Waals surface area contributed by atoms with Crippen molar-refractivity contribution in [3.63, 3.8) is 0 Å². The van der Waals surface area contributed by atoms with E-state index >= 15 is 0 Å². The molecule has 1 rings (SSSR count). The number of ether oxygens (including phenoxy) is 1. The van der Waals surface area contributed by atoms with Crippen LogP contribution in [0.5, 0.6) is 5.75 Å². The van der Waals surface area contributed by atoms with Crippen LogP contribution in [-0.4, -0.2) is 6.10 Å². The van der Waals surface area contributed by atoms with Gasteiger partial charge in [-0.05, 0) is 47.0 Å². The molecule has 1 atom stereocenters. The first-order chi connectivity index (χ1) is 6.67. The number of rotatable bonds is 4. The Labute approximate surface area is 102 Å². The van der Waals surface area contributed by atoms with Crippen molar-refractivity contribution in [2.24, 2.45) is 0 Å².